The smallest absolute Gasteiger partial charge is 0.333 e. The highest BCUT2D eigenvalue weighted by atomic mass is 16.5. The van der Waals surface area contributed by atoms with E-state index in [0.29, 0.717) is 18.1 Å². The first kappa shape index (κ1) is 14.9. The van der Waals surface area contributed by atoms with E-state index in [9.17, 15) is 4.79 Å². The maximum Gasteiger partial charge on any atom is 0.333 e. The number of ether oxygens (including phenoxy) is 1. The second kappa shape index (κ2) is 9.20. The molecule has 0 radical (unpaired) electrons. The number of carbonyl (C=O) groups is 1. The van der Waals surface area contributed by atoms with Crippen LogP contribution < -0.4 is 0 Å². The molecule has 0 aliphatic heterocycles. The molecule has 0 spiro atoms. The molecule has 0 aliphatic carbocycles. The van der Waals surface area contributed by atoms with Gasteiger partial charge in [-0.3, -0.25) is 0 Å². The molecule has 1 atom stereocenters. The summed E-state index contributed by atoms with van der Waals surface area (Å²) in [7, 11) is 0. The Hall–Kier alpha value is -1.05. The summed E-state index contributed by atoms with van der Waals surface area (Å²) in [6, 6.07) is 0. The van der Waals surface area contributed by atoms with Gasteiger partial charge in [0, 0.05) is 11.5 Å². The fourth-order valence-corrected chi connectivity index (χ4v) is 1.47. The lowest BCUT2D eigenvalue weighted by molar-refractivity contribution is -0.139. The number of allylic oxidation sites excluding steroid dienone is 1. The molecule has 0 rings (SSSR count). The monoisotopic (exact) mass is 224 g/mol. The van der Waals surface area contributed by atoms with Crippen LogP contribution in [0.1, 0.15) is 46.5 Å². The molecule has 1 unspecified atom stereocenters. The second-order valence-electron chi connectivity index (χ2n) is 4.16. The van der Waals surface area contributed by atoms with Crippen LogP contribution in [0.4, 0.5) is 0 Å². The van der Waals surface area contributed by atoms with Crippen LogP contribution in [0.3, 0.4) is 0 Å². The van der Waals surface area contributed by atoms with Crippen molar-refractivity contribution in [3.05, 3.63) is 24.3 Å². The largest absolute Gasteiger partial charge is 0.462 e. The predicted octanol–water partition coefficient (Wildman–Crippen LogP) is 3.88. The molecule has 0 N–H and O–H groups in total. The first-order valence-corrected chi connectivity index (χ1v) is 6.07. The molecule has 0 saturated heterocycles. The lowest BCUT2D eigenvalue weighted by atomic mass is 10.0. The molecule has 0 aromatic carbocycles. The van der Waals surface area contributed by atoms with Crippen molar-refractivity contribution >= 4 is 5.97 Å². The molecule has 0 aromatic rings. The van der Waals surface area contributed by atoms with Gasteiger partial charge in [0.2, 0.25) is 0 Å². The van der Waals surface area contributed by atoms with Crippen LogP contribution >= 0.6 is 0 Å². The molecular weight excluding hydrogens is 200 g/mol. The summed E-state index contributed by atoms with van der Waals surface area (Å²) >= 11 is 0. The Bertz CT molecular complexity index is 241. The van der Waals surface area contributed by atoms with E-state index in [1.807, 2.05) is 13.0 Å². The molecule has 92 valence electrons. The fourth-order valence-electron chi connectivity index (χ4n) is 1.47. The molecule has 2 nitrogen and oxygen atoms in total. The Kier molecular flexibility index (Phi) is 8.59. The van der Waals surface area contributed by atoms with Crippen molar-refractivity contribution < 1.29 is 9.53 Å². The molecule has 16 heavy (non-hydrogen) atoms. The van der Waals surface area contributed by atoms with Crippen molar-refractivity contribution in [3.8, 4) is 0 Å². The van der Waals surface area contributed by atoms with Crippen molar-refractivity contribution in [2.45, 2.75) is 46.5 Å². The zero-order valence-electron chi connectivity index (χ0n) is 10.8. The average Bonchev–Trinajstić information content (AvgIpc) is 2.25. The summed E-state index contributed by atoms with van der Waals surface area (Å²) < 4.78 is 5.16. The molecule has 0 aromatic heterocycles. The first-order chi connectivity index (χ1) is 7.61. The van der Waals surface area contributed by atoms with Gasteiger partial charge in [0.1, 0.15) is 0 Å². The van der Waals surface area contributed by atoms with Crippen molar-refractivity contribution in [1.82, 2.24) is 0 Å². The van der Waals surface area contributed by atoms with Gasteiger partial charge in [-0.2, -0.15) is 0 Å². The summed E-state index contributed by atoms with van der Waals surface area (Å²) in [5.41, 5.74) is 0.466. The number of esters is 1. The lowest BCUT2D eigenvalue weighted by Gasteiger charge is -2.13. The predicted molar refractivity (Wildman–Crippen MR) is 68.2 cm³/mol. The molecule has 0 bridgehead atoms. The van der Waals surface area contributed by atoms with E-state index in [4.69, 9.17) is 4.74 Å². The molecule has 0 saturated carbocycles. The maximum absolute atomic E-state index is 11.2. The van der Waals surface area contributed by atoms with Crippen LogP contribution in [0.5, 0.6) is 0 Å². The van der Waals surface area contributed by atoms with Crippen LogP contribution in [-0.4, -0.2) is 12.6 Å². The lowest BCUT2D eigenvalue weighted by Crippen LogP contribution is -2.13. The van der Waals surface area contributed by atoms with E-state index < -0.39 is 0 Å². The zero-order chi connectivity index (χ0) is 12.4. The van der Waals surface area contributed by atoms with Crippen molar-refractivity contribution in [2.75, 3.05) is 6.61 Å². The number of hydrogen-bond acceptors (Lipinski definition) is 2. The topological polar surface area (TPSA) is 26.3 Å². The van der Waals surface area contributed by atoms with Crippen LogP contribution in [-0.2, 0) is 9.53 Å². The minimum absolute atomic E-state index is 0.287. The zero-order valence-corrected chi connectivity index (χ0v) is 10.8. The van der Waals surface area contributed by atoms with Crippen LogP contribution in [0, 0.1) is 5.92 Å². The number of carbonyl (C=O) groups excluding carboxylic acids is 1. The summed E-state index contributed by atoms with van der Waals surface area (Å²) in [5.74, 6) is 0.0600. The normalized spacial score (nSPS) is 12.7. The fraction of sp³-hybridized carbons (Fsp3) is 0.643. The maximum atomic E-state index is 11.2. The number of unbranched alkanes of at least 4 members (excludes halogenated alkanes) is 2. The third-order valence-corrected chi connectivity index (χ3v) is 2.42. The summed E-state index contributed by atoms with van der Waals surface area (Å²) in [4.78, 5) is 11.2. The summed E-state index contributed by atoms with van der Waals surface area (Å²) in [6.07, 6.45) is 8.86. The highest BCUT2D eigenvalue weighted by Crippen LogP contribution is 2.12. The minimum Gasteiger partial charge on any atom is -0.462 e. The highest BCUT2D eigenvalue weighted by Gasteiger charge is 2.09. The van der Waals surface area contributed by atoms with E-state index in [2.05, 4.69) is 19.6 Å². The molecule has 2 heteroatoms. The number of hydrogen-bond donors (Lipinski definition) is 0. The van der Waals surface area contributed by atoms with Crippen molar-refractivity contribution in [1.29, 1.82) is 0 Å². The average molecular weight is 224 g/mol. The third-order valence-electron chi connectivity index (χ3n) is 2.42. The third kappa shape index (κ3) is 7.27. The van der Waals surface area contributed by atoms with Gasteiger partial charge >= 0.3 is 5.97 Å². The van der Waals surface area contributed by atoms with E-state index in [-0.39, 0.29) is 5.97 Å². The Balaban J connectivity index is 3.93. The minimum atomic E-state index is -0.287. The van der Waals surface area contributed by atoms with Crippen molar-refractivity contribution in [2.24, 2.45) is 5.92 Å². The van der Waals surface area contributed by atoms with Gasteiger partial charge in [0.25, 0.3) is 0 Å². The van der Waals surface area contributed by atoms with E-state index in [1.54, 1.807) is 6.92 Å². The summed E-state index contributed by atoms with van der Waals surface area (Å²) in [6.45, 7) is 9.88. The second-order valence-corrected chi connectivity index (χ2v) is 4.16. The Morgan fingerprint density at radius 1 is 1.44 bits per heavy atom. The van der Waals surface area contributed by atoms with Crippen LogP contribution in [0.15, 0.2) is 24.3 Å². The highest BCUT2D eigenvalue weighted by molar-refractivity contribution is 5.86. The van der Waals surface area contributed by atoms with Gasteiger partial charge in [-0.1, -0.05) is 44.9 Å². The molecule has 0 fully saturated rings. The quantitative estimate of drug-likeness (QED) is 0.271. The van der Waals surface area contributed by atoms with Gasteiger partial charge in [-0.05, 0) is 20.3 Å². The standard InChI is InChI=1S/C14H24O2/c1-5-7-8-10-13(9-6-2)11-16-14(15)12(3)4/h6,9,13H,3,5,7-8,10-11H2,1-2,4H3. The van der Waals surface area contributed by atoms with Crippen molar-refractivity contribution in [3.63, 3.8) is 0 Å². The molecule has 0 heterocycles. The molecular formula is C14H24O2. The van der Waals surface area contributed by atoms with Gasteiger partial charge in [-0.25, -0.2) is 4.79 Å². The van der Waals surface area contributed by atoms with Gasteiger partial charge in [0.15, 0.2) is 0 Å². The van der Waals surface area contributed by atoms with E-state index in [0.717, 1.165) is 6.42 Å². The molecule has 0 aliphatic rings. The van der Waals surface area contributed by atoms with Gasteiger partial charge < -0.3 is 4.74 Å². The summed E-state index contributed by atoms with van der Waals surface area (Å²) in [5, 5.41) is 0. The molecule has 0 amide bonds. The van der Waals surface area contributed by atoms with Gasteiger partial charge in [0.05, 0.1) is 6.61 Å². The number of rotatable bonds is 8. The van der Waals surface area contributed by atoms with Gasteiger partial charge in [-0.15, -0.1) is 0 Å². The Labute approximate surface area is 99.4 Å². The Morgan fingerprint density at radius 3 is 2.62 bits per heavy atom. The van der Waals surface area contributed by atoms with Crippen LogP contribution in [0.2, 0.25) is 0 Å². The first-order valence-electron chi connectivity index (χ1n) is 6.07. The SMILES string of the molecule is C=C(C)C(=O)OCC(C=CC)CCCCC. The van der Waals surface area contributed by atoms with E-state index >= 15 is 0 Å². The van der Waals surface area contributed by atoms with Crippen LogP contribution in [0.25, 0.3) is 0 Å². The van der Waals surface area contributed by atoms with E-state index in [1.165, 1.54) is 19.3 Å². The Morgan fingerprint density at radius 2 is 2.12 bits per heavy atom.